The highest BCUT2D eigenvalue weighted by Crippen LogP contribution is 2.25. The van der Waals surface area contributed by atoms with Crippen LogP contribution in [0.15, 0.2) is 107 Å². The van der Waals surface area contributed by atoms with Crippen LogP contribution in [0.1, 0.15) is 22.3 Å². The van der Waals surface area contributed by atoms with Crippen molar-refractivity contribution in [3.8, 4) is 11.8 Å². The van der Waals surface area contributed by atoms with E-state index < -0.39 is 5.91 Å². The number of halogens is 2. The first kappa shape index (κ1) is 25.2. The topological polar surface area (TPSA) is 62.1 Å². The lowest BCUT2D eigenvalue weighted by Crippen LogP contribution is -2.13. The summed E-state index contributed by atoms with van der Waals surface area (Å²) in [4.78, 5) is 12.9. The van der Waals surface area contributed by atoms with Crippen molar-refractivity contribution in [3.63, 3.8) is 0 Å². The second kappa shape index (κ2) is 12.2. The molecule has 0 atom stereocenters. The van der Waals surface area contributed by atoms with E-state index in [-0.39, 0.29) is 5.57 Å². The Morgan fingerprint density at radius 1 is 0.944 bits per heavy atom. The molecule has 0 aliphatic carbocycles. The van der Waals surface area contributed by atoms with Crippen LogP contribution in [0, 0.1) is 11.3 Å². The Morgan fingerprint density at radius 2 is 1.67 bits per heavy atom. The molecule has 4 nitrogen and oxygen atoms in total. The van der Waals surface area contributed by atoms with Crippen molar-refractivity contribution >= 4 is 45.2 Å². The van der Waals surface area contributed by atoms with Crippen molar-refractivity contribution in [2.24, 2.45) is 0 Å². The molecule has 0 saturated heterocycles. The number of amides is 1. The molecule has 36 heavy (non-hydrogen) atoms. The van der Waals surface area contributed by atoms with E-state index in [1.807, 2.05) is 66.7 Å². The molecule has 0 saturated carbocycles. The zero-order valence-corrected chi connectivity index (χ0v) is 21.6. The van der Waals surface area contributed by atoms with Crippen LogP contribution in [0.3, 0.4) is 0 Å². The molecule has 0 bridgehead atoms. The monoisotopic (exact) mass is 556 g/mol. The molecule has 6 heteroatoms. The van der Waals surface area contributed by atoms with Gasteiger partial charge in [0.2, 0.25) is 0 Å². The number of hydrogen-bond acceptors (Lipinski definition) is 3. The van der Waals surface area contributed by atoms with Crippen LogP contribution < -0.4 is 10.1 Å². The number of anilines is 1. The predicted molar refractivity (Wildman–Crippen MR) is 148 cm³/mol. The van der Waals surface area contributed by atoms with Gasteiger partial charge in [-0.2, -0.15) is 5.26 Å². The van der Waals surface area contributed by atoms with Gasteiger partial charge in [0.05, 0.1) is 0 Å². The minimum Gasteiger partial charge on any atom is -0.489 e. The average molecular weight is 558 g/mol. The molecule has 0 aliphatic heterocycles. The van der Waals surface area contributed by atoms with Gasteiger partial charge in [0.25, 0.3) is 5.91 Å². The molecule has 0 aliphatic rings. The molecule has 1 amide bonds. The number of carbonyl (C=O) groups is 1. The Kier molecular flexibility index (Phi) is 8.57. The lowest BCUT2D eigenvalue weighted by Gasteiger charge is -2.10. The predicted octanol–water partition coefficient (Wildman–Crippen LogP) is 7.82. The largest absolute Gasteiger partial charge is 0.489 e. The number of nitrogens with zero attached hydrogens (tertiary/aromatic N) is 1. The number of benzene rings is 4. The van der Waals surface area contributed by atoms with Crippen molar-refractivity contribution in [1.29, 1.82) is 5.26 Å². The van der Waals surface area contributed by atoms with Crippen LogP contribution in [0.4, 0.5) is 5.69 Å². The van der Waals surface area contributed by atoms with Gasteiger partial charge in [-0.25, -0.2) is 0 Å². The number of rotatable bonds is 8. The Morgan fingerprint density at radius 3 is 2.39 bits per heavy atom. The van der Waals surface area contributed by atoms with E-state index in [1.165, 1.54) is 0 Å². The highest BCUT2D eigenvalue weighted by molar-refractivity contribution is 9.10. The Hall–Kier alpha value is -3.85. The number of carbonyl (C=O) groups excluding carboxylic acids is 1. The van der Waals surface area contributed by atoms with E-state index in [4.69, 9.17) is 16.3 Å². The number of nitriles is 1. The van der Waals surface area contributed by atoms with Gasteiger partial charge >= 0.3 is 0 Å². The molecule has 1 N–H and O–H groups in total. The van der Waals surface area contributed by atoms with Crippen LogP contribution in [-0.4, -0.2) is 5.91 Å². The van der Waals surface area contributed by atoms with Crippen molar-refractivity contribution in [3.05, 3.63) is 134 Å². The van der Waals surface area contributed by atoms with Gasteiger partial charge in [-0.05, 0) is 77.2 Å². The van der Waals surface area contributed by atoms with E-state index in [2.05, 4.69) is 21.2 Å². The zero-order chi connectivity index (χ0) is 25.3. The quantitative estimate of drug-likeness (QED) is 0.177. The lowest BCUT2D eigenvalue weighted by molar-refractivity contribution is -0.112. The van der Waals surface area contributed by atoms with E-state index in [1.54, 1.807) is 42.5 Å². The molecule has 0 heterocycles. The summed E-state index contributed by atoms with van der Waals surface area (Å²) in [7, 11) is 0. The third kappa shape index (κ3) is 6.85. The summed E-state index contributed by atoms with van der Waals surface area (Å²) in [5.41, 5.74) is 4.37. The highest BCUT2D eigenvalue weighted by Gasteiger charge is 2.13. The smallest absolute Gasteiger partial charge is 0.266 e. The maximum Gasteiger partial charge on any atom is 0.266 e. The van der Waals surface area contributed by atoms with Crippen LogP contribution in [0.25, 0.3) is 6.08 Å². The Balaban J connectivity index is 1.47. The molecule has 0 fully saturated rings. The fourth-order valence-corrected chi connectivity index (χ4v) is 4.19. The third-order valence-corrected chi connectivity index (χ3v) is 6.48. The minimum atomic E-state index is -0.498. The summed E-state index contributed by atoms with van der Waals surface area (Å²) in [5.74, 6) is 0.186. The second-order valence-corrected chi connectivity index (χ2v) is 9.32. The fourth-order valence-electron chi connectivity index (χ4n) is 3.59. The van der Waals surface area contributed by atoms with Gasteiger partial charge in [-0.1, -0.05) is 82.1 Å². The molecule has 4 rings (SSSR count). The van der Waals surface area contributed by atoms with Gasteiger partial charge < -0.3 is 10.1 Å². The normalized spacial score (nSPS) is 11.0. The number of hydrogen-bond donors (Lipinski definition) is 1. The summed E-state index contributed by atoms with van der Waals surface area (Å²) >= 11 is 9.81. The van der Waals surface area contributed by atoms with Gasteiger partial charge in [0.15, 0.2) is 0 Å². The fraction of sp³-hybridized carbons (Fsp3) is 0.0667. The van der Waals surface area contributed by atoms with Crippen molar-refractivity contribution in [2.45, 2.75) is 13.0 Å². The van der Waals surface area contributed by atoms with E-state index in [9.17, 15) is 10.1 Å². The molecular weight excluding hydrogens is 536 g/mol. The van der Waals surface area contributed by atoms with Crippen molar-refractivity contribution < 1.29 is 9.53 Å². The average Bonchev–Trinajstić information content (AvgIpc) is 2.90. The van der Waals surface area contributed by atoms with Crippen molar-refractivity contribution in [1.82, 2.24) is 0 Å². The minimum absolute atomic E-state index is 0.0185. The molecule has 0 unspecified atom stereocenters. The lowest BCUT2D eigenvalue weighted by atomic mass is 9.98. The first-order valence-corrected chi connectivity index (χ1v) is 12.4. The molecule has 0 spiro atoms. The van der Waals surface area contributed by atoms with Crippen LogP contribution >= 0.6 is 27.5 Å². The first-order valence-electron chi connectivity index (χ1n) is 11.2. The molecule has 0 radical (unpaired) electrons. The highest BCUT2D eigenvalue weighted by atomic mass is 79.9. The number of nitrogens with one attached hydrogen (secondary N) is 1. The van der Waals surface area contributed by atoms with Gasteiger partial charge in [-0.3, -0.25) is 4.79 Å². The van der Waals surface area contributed by atoms with Crippen molar-refractivity contribution in [2.75, 3.05) is 5.32 Å². The summed E-state index contributed by atoms with van der Waals surface area (Å²) in [5, 5.41) is 13.0. The third-order valence-electron chi connectivity index (χ3n) is 5.47. The molecular formula is C30H22BrClN2O2. The molecule has 4 aromatic rings. The van der Waals surface area contributed by atoms with Gasteiger partial charge in [-0.15, -0.1) is 0 Å². The SMILES string of the molecule is N#C/C(=C\c1cc(Cl)ccc1Cc1ccccc1Br)C(=O)Nc1ccc(OCc2ccccc2)cc1. The van der Waals surface area contributed by atoms with E-state index in [0.717, 1.165) is 26.7 Å². The number of ether oxygens (including phenoxy) is 1. The first-order chi connectivity index (χ1) is 17.5. The second-order valence-electron chi connectivity index (χ2n) is 8.03. The van der Waals surface area contributed by atoms with Gasteiger partial charge in [0, 0.05) is 15.2 Å². The summed E-state index contributed by atoms with van der Waals surface area (Å²) in [6.45, 7) is 0.454. The zero-order valence-electron chi connectivity index (χ0n) is 19.2. The standard InChI is InChI=1S/C30H22BrClN2O2/c31-29-9-5-4-8-23(29)16-22-10-11-26(32)18-24(22)17-25(19-33)30(35)34-27-12-14-28(15-13-27)36-20-21-6-2-1-3-7-21/h1-15,17-18H,16,20H2,(H,34,35)/b25-17+. The molecule has 178 valence electrons. The van der Waals surface area contributed by atoms with Crippen LogP contribution in [0.5, 0.6) is 5.75 Å². The van der Waals surface area contributed by atoms with E-state index in [0.29, 0.717) is 29.5 Å². The van der Waals surface area contributed by atoms with Gasteiger partial charge in [0.1, 0.15) is 24.0 Å². The summed E-state index contributed by atoms with van der Waals surface area (Å²) in [6.07, 6.45) is 2.19. The summed E-state index contributed by atoms with van der Waals surface area (Å²) < 4.78 is 6.78. The maximum absolute atomic E-state index is 12.9. The molecule has 0 aromatic heterocycles. The Bertz CT molecular complexity index is 1430. The summed E-state index contributed by atoms with van der Waals surface area (Å²) in [6, 6.07) is 32.3. The molecule has 4 aromatic carbocycles. The Labute approximate surface area is 223 Å². The maximum atomic E-state index is 12.9. The van der Waals surface area contributed by atoms with Crippen LogP contribution in [-0.2, 0) is 17.8 Å². The van der Waals surface area contributed by atoms with E-state index >= 15 is 0 Å². The van der Waals surface area contributed by atoms with Crippen LogP contribution in [0.2, 0.25) is 5.02 Å².